The standard InChI is InChI=1S/C20H21NO5/c1-13-11-14-7-4-5-8-15(14)21(13)18(22)12-26-20(23)19-16(24-2)9-6-10-17(19)25-3/h4-10,13H,11-12H2,1-3H3/t13-/m1/s1. The molecule has 2 aromatic carbocycles. The van der Waals surface area contributed by atoms with Crippen LogP contribution >= 0.6 is 0 Å². The van der Waals surface area contributed by atoms with E-state index in [4.69, 9.17) is 14.2 Å². The first-order valence-electron chi connectivity index (χ1n) is 8.35. The molecule has 3 rings (SSSR count). The largest absolute Gasteiger partial charge is 0.496 e. The Hall–Kier alpha value is -3.02. The van der Waals surface area contributed by atoms with Gasteiger partial charge in [0.15, 0.2) is 6.61 Å². The van der Waals surface area contributed by atoms with Crippen LogP contribution in [0.25, 0.3) is 0 Å². The van der Waals surface area contributed by atoms with Crippen molar-refractivity contribution >= 4 is 17.6 Å². The Balaban J connectivity index is 1.74. The molecule has 0 saturated carbocycles. The molecule has 6 nitrogen and oxygen atoms in total. The maximum Gasteiger partial charge on any atom is 0.346 e. The molecule has 1 amide bonds. The van der Waals surface area contributed by atoms with Crippen molar-refractivity contribution in [3.63, 3.8) is 0 Å². The van der Waals surface area contributed by atoms with Crippen molar-refractivity contribution < 1.29 is 23.8 Å². The molecule has 6 heteroatoms. The molecule has 1 atom stereocenters. The van der Waals surface area contributed by atoms with Gasteiger partial charge in [-0.3, -0.25) is 4.79 Å². The maximum absolute atomic E-state index is 12.6. The number of hydrogen-bond acceptors (Lipinski definition) is 5. The quantitative estimate of drug-likeness (QED) is 0.772. The predicted octanol–water partition coefficient (Wildman–Crippen LogP) is 2.84. The lowest BCUT2D eigenvalue weighted by atomic mass is 10.1. The van der Waals surface area contributed by atoms with Crippen molar-refractivity contribution in [2.24, 2.45) is 0 Å². The first-order chi connectivity index (χ1) is 12.6. The molecule has 0 fully saturated rings. The molecule has 136 valence electrons. The Bertz CT molecular complexity index is 810. The summed E-state index contributed by atoms with van der Waals surface area (Å²) in [5, 5.41) is 0. The van der Waals surface area contributed by atoms with E-state index < -0.39 is 5.97 Å². The van der Waals surface area contributed by atoms with Gasteiger partial charge >= 0.3 is 5.97 Å². The van der Waals surface area contributed by atoms with Gasteiger partial charge in [-0.1, -0.05) is 24.3 Å². The van der Waals surface area contributed by atoms with Gasteiger partial charge in [-0.15, -0.1) is 0 Å². The summed E-state index contributed by atoms with van der Waals surface area (Å²) in [4.78, 5) is 26.8. The topological polar surface area (TPSA) is 65.1 Å². The summed E-state index contributed by atoms with van der Waals surface area (Å²) in [6.07, 6.45) is 0.788. The molecule has 0 unspecified atom stereocenters. The molecule has 0 spiro atoms. The summed E-state index contributed by atoms with van der Waals surface area (Å²) in [5.41, 5.74) is 2.15. The van der Waals surface area contributed by atoms with E-state index in [0.717, 1.165) is 17.7 Å². The molecule has 0 saturated heterocycles. The smallest absolute Gasteiger partial charge is 0.346 e. The third-order valence-electron chi connectivity index (χ3n) is 4.43. The van der Waals surface area contributed by atoms with Crippen LogP contribution in [0.15, 0.2) is 42.5 Å². The van der Waals surface area contributed by atoms with E-state index in [1.54, 1.807) is 23.1 Å². The summed E-state index contributed by atoms with van der Waals surface area (Å²) in [7, 11) is 2.92. The predicted molar refractivity (Wildman–Crippen MR) is 96.9 cm³/mol. The highest BCUT2D eigenvalue weighted by Crippen LogP contribution is 2.32. The first kappa shape index (κ1) is 17.8. The minimum Gasteiger partial charge on any atom is -0.496 e. The fraction of sp³-hybridized carbons (Fsp3) is 0.300. The number of carbonyl (C=O) groups excluding carboxylic acids is 2. The normalized spacial score (nSPS) is 15.3. The van der Waals surface area contributed by atoms with Gasteiger partial charge in [-0.2, -0.15) is 0 Å². The number of benzene rings is 2. The van der Waals surface area contributed by atoms with Gasteiger partial charge in [0.1, 0.15) is 17.1 Å². The van der Waals surface area contributed by atoms with Gasteiger partial charge < -0.3 is 19.1 Å². The lowest BCUT2D eigenvalue weighted by Gasteiger charge is -2.22. The number of esters is 1. The second-order valence-electron chi connectivity index (χ2n) is 6.06. The number of hydrogen-bond donors (Lipinski definition) is 0. The Morgan fingerprint density at radius 2 is 1.69 bits per heavy atom. The number of para-hydroxylation sites is 1. The molecule has 0 aliphatic carbocycles. The molecule has 2 aromatic rings. The number of rotatable bonds is 5. The van der Waals surface area contributed by atoms with Gasteiger partial charge in [-0.05, 0) is 37.1 Å². The van der Waals surface area contributed by atoms with E-state index >= 15 is 0 Å². The van der Waals surface area contributed by atoms with Crippen molar-refractivity contribution in [1.82, 2.24) is 0 Å². The fourth-order valence-corrected chi connectivity index (χ4v) is 3.27. The lowest BCUT2D eigenvalue weighted by Crippen LogP contribution is -2.38. The molecular formula is C20H21NO5. The number of anilines is 1. The van der Waals surface area contributed by atoms with Crippen molar-refractivity contribution in [3.05, 3.63) is 53.6 Å². The third-order valence-corrected chi connectivity index (χ3v) is 4.43. The zero-order valence-corrected chi connectivity index (χ0v) is 15.0. The average Bonchev–Trinajstić information content (AvgIpc) is 3.00. The van der Waals surface area contributed by atoms with Crippen LogP contribution in [0.1, 0.15) is 22.8 Å². The Morgan fingerprint density at radius 1 is 1.04 bits per heavy atom. The summed E-state index contributed by atoms with van der Waals surface area (Å²) < 4.78 is 15.7. The second-order valence-corrected chi connectivity index (χ2v) is 6.06. The molecule has 1 aliphatic rings. The number of ether oxygens (including phenoxy) is 3. The van der Waals surface area contributed by atoms with E-state index in [9.17, 15) is 9.59 Å². The van der Waals surface area contributed by atoms with Crippen LogP contribution < -0.4 is 14.4 Å². The van der Waals surface area contributed by atoms with Crippen LogP contribution in [0, 0.1) is 0 Å². The van der Waals surface area contributed by atoms with Crippen molar-refractivity contribution in [3.8, 4) is 11.5 Å². The summed E-state index contributed by atoms with van der Waals surface area (Å²) in [6, 6.07) is 12.8. The fourth-order valence-electron chi connectivity index (χ4n) is 3.27. The van der Waals surface area contributed by atoms with Gasteiger partial charge in [0.05, 0.1) is 14.2 Å². The van der Waals surface area contributed by atoms with Gasteiger partial charge in [-0.25, -0.2) is 4.79 Å². The second kappa shape index (κ2) is 7.47. The average molecular weight is 355 g/mol. The lowest BCUT2D eigenvalue weighted by molar-refractivity contribution is -0.122. The third kappa shape index (κ3) is 3.22. The van der Waals surface area contributed by atoms with Crippen LogP contribution in [0.2, 0.25) is 0 Å². The maximum atomic E-state index is 12.6. The summed E-state index contributed by atoms with van der Waals surface area (Å²) >= 11 is 0. The molecule has 1 aliphatic heterocycles. The number of fused-ring (bicyclic) bond motifs is 1. The van der Waals surface area contributed by atoms with Crippen molar-refractivity contribution in [2.45, 2.75) is 19.4 Å². The molecule has 26 heavy (non-hydrogen) atoms. The zero-order chi connectivity index (χ0) is 18.7. The Labute approximate surface area is 152 Å². The molecule has 1 heterocycles. The number of carbonyl (C=O) groups is 2. The van der Waals surface area contributed by atoms with E-state index in [2.05, 4.69) is 0 Å². The SMILES string of the molecule is COc1cccc(OC)c1C(=O)OCC(=O)N1c2ccccc2C[C@H]1C. The van der Waals surface area contributed by atoms with Crippen LogP contribution in [-0.2, 0) is 16.0 Å². The van der Waals surface area contributed by atoms with Gasteiger partial charge in [0.2, 0.25) is 0 Å². The summed E-state index contributed by atoms with van der Waals surface area (Å²) in [6.45, 7) is 1.63. The minimum atomic E-state index is -0.659. The van der Waals surface area contributed by atoms with Crippen LogP contribution in [-0.4, -0.2) is 38.7 Å². The van der Waals surface area contributed by atoms with Crippen molar-refractivity contribution in [1.29, 1.82) is 0 Å². The zero-order valence-electron chi connectivity index (χ0n) is 15.0. The Kier molecular flexibility index (Phi) is 5.11. The van der Waals surface area contributed by atoms with Gasteiger partial charge in [0.25, 0.3) is 5.91 Å². The van der Waals surface area contributed by atoms with Gasteiger partial charge in [0, 0.05) is 11.7 Å². The minimum absolute atomic E-state index is 0.0272. The van der Waals surface area contributed by atoms with E-state index in [-0.39, 0.29) is 24.1 Å². The van der Waals surface area contributed by atoms with Crippen LogP contribution in [0.3, 0.4) is 0 Å². The number of nitrogens with zero attached hydrogens (tertiary/aromatic N) is 1. The molecule has 0 aromatic heterocycles. The van der Waals surface area contributed by atoms with E-state index in [1.165, 1.54) is 14.2 Å². The van der Waals surface area contributed by atoms with E-state index in [0.29, 0.717) is 11.5 Å². The molecule has 0 radical (unpaired) electrons. The monoisotopic (exact) mass is 355 g/mol. The highest BCUT2D eigenvalue weighted by atomic mass is 16.5. The van der Waals surface area contributed by atoms with E-state index in [1.807, 2.05) is 31.2 Å². The first-order valence-corrected chi connectivity index (χ1v) is 8.35. The van der Waals surface area contributed by atoms with Crippen molar-refractivity contribution in [2.75, 3.05) is 25.7 Å². The number of methoxy groups -OCH3 is 2. The molecule has 0 N–H and O–H groups in total. The Morgan fingerprint density at radius 3 is 2.35 bits per heavy atom. The highest BCUT2D eigenvalue weighted by molar-refractivity contribution is 6.00. The van der Waals surface area contributed by atoms with Crippen LogP contribution in [0.4, 0.5) is 5.69 Å². The van der Waals surface area contributed by atoms with Crippen LogP contribution in [0.5, 0.6) is 11.5 Å². The highest BCUT2D eigenvalue weighted by Gasteiger charge is 2.31. The molecular weight excluding hydrogens is 334 g/mol. The molecule has 0 bridgehead atoms. The number of amides is 1. The summed E-state index contributed by atoms with van der Waals surface area (Å²) in [5.74, 6) is -0.249.